The highest BCUT2D eigenvalue weighted by atomic mass is 14.9. The Bertz CT molecular complexity index is 1790. The highest BCUT2D eigenvalue weighted by Gasteiger charge is 2.34. The highest BCUT2D eigenvalue weighted by molar-refractivity contribution is 6.06. The van der Waals surface area contributed by atoms with Gasteiger partial charge in [0.25, 0.3) is 0 Å². The molecule has 38 heavy (non-hydrogen) atoms. The van der Waals surface area contributed by atoms with Gasteiger partial charge in [-0.2, -0.15) is 0 Å². The molecule has 1 heteroatoms. The zero-order chi connectivity index (χ0) is 25.7. The fraction of sp³-hybridized carbons (Fsp3) is 0.0811. The predicted octanol–water partition coefficient (Wildman–Crippen LogP) is 10.2. The molecule has 6 aromatic carbocycles. The van der Waals surface area contributed by atoms with Gasteiger partial charge >= 0.3 is 0 Å². The Morgan fingerprint density at radius 1 is 0.447 bits per heavy atom. The Labute approximate surface area is 224 Å². The lowest BCUT2D eigenvalue weighted by Gasteiger charge is -2.21. The normalized spacial score (nSPS) is 13.2. The van der Waals surface area contributed by atoms with Crippen LogP contribution in [0, 0.1) is 0 Å². The fourth-order valence-electron chi connectivity index (χ4n) is 6.14. The number of hydrogen-bond acceptors (Lipinski definition) is 1. The summed E-state index contributed by atoms with van der Waals surface area (Å²) < 4.78 is 0. The number of benzene rings is 6. The van der Waals surface area contributed by atoms with Crippen LogP contribution in [-0.2, 0) is 5.41 Å². The molecule has 0 atom stereocenters. The molecule has 182 valence electrons. The van der Waals surface area contributed by atoms with E-state index in [2.05, 4.69) is 153 Å². The maximum atomic E-state index is 3.64. The van der Waals surface area contributed by atoms with Gasteiger partial charge in [-0.25, -0.2) is 0 Å². The first kappa shape index (κ1) is 22.6. The quantitative estimate of drug-likeness (QED) is 0.261. The summed E-state index contributed by atoms with van der Waals surface area (Å²) in [6, 6.07) is 48.2. The molecule has 0 saturated heterocycles. The smallest absolute Gasteiger partial charge is 0.0390 e. The van der Waals surface area contributed by atoms with Crippen molar-refractivity contribution < 1.29 is 0 Å². The van der Waals surface area contributed by atoms with Crippen LogP contribution in [0.2, 0.25) is 0 Å². The van der Waals surface area contributed by atoms with Gasteiger partial charge in [-0.3, -0.25) is 0 Å². The molecule has 0 amide bonds. The Morgan fingerprint density at radius 2 is 1.03 bits per heavy atom. The van der Waals surface area contributed by atoms with E-state index < -0.39 is 0 Å². The molecule has 0 heterocycles. The van der Waals surface area contributed by atoms with Crippen LogP contribution in [0.15, 0.2) is 133 Å². The van der Waals surface area contributed by atoms with Crippen molar-refractivity contribution in [2.45, 2.75) is 19.3 Å². The van der Waals surface area contributed by atoms with Crippen LogP contribution in [-0.4, -0.2) is 0 Å². The van der Waals surface area contributed by atoms with Gasteiger partial charge in [-0.15, -0.1) is 0 Å². The van der Waals surface area contributed by atoms with Crippen molar-refractivity contribution in [3.8, 4) is 33.4 Å². The lowest BCUT2D eigenvalue weighted by Crippen LogP contribution is -2.14. The minimum Gasteiger partial charge on any atom is -0.356 e. The molecule has 7 rings (SSSR count). The molecule has 0 unspecified atom stereocenters. The van der Waals surface area contributed by atoms with Gasteiger partial charge in [0.1, 0.15) is 0 Å². The van der Waals surface area contributed by atoms with Crippen molar-refractivity contribution in [2.24, 2.45) is 0 Å². The Kier molecular flexibility index (Phi) is 5.19. The van der Waals surface area contributed by atoms with E-state index in [4.69, 9.17) is 0 Å². The molecule has 6 aromatic rings. The Balaban J connectivity index is 1.23. The molecule has 0 spiro atoms. The standard InChI is InChI=1S/C37H29N/c1-37(2)34-17-7-6-14-32(34)33-24-29(22-23-35(33)37)38-28-20-18-26(19-21-28)31-16-9-13-27-12-8-15-30(36(27)31)25-10-4-3-5-11-25/h3-24,38H,1-2H3. The predicted molar refractivity (Wildman–Crippen MR) is 162 cm³/mol. The van der Waals surface area contributed by atoms with Crippen molar-refractivity contribution in [3.63, 3.8) is 0 Å². The summed E-state index contributed by atoms with van der Waals surface area (Å²) in [5, 5.41) is 6.20. The SMILES string of the molecule is CC1(C)c2ccccc2-c2cc(Nc3ccc(-c4cccc5cccc(-c6ccccc6)c45)cc3)ccc21. The topological polar surface area (TPSA) is 12.0 Å². The Morgan fingerprint density at radius 3 is 1.76 bits per heavy atom. The summed E-state index contributed by atoms with van der Waals surface area (Å²) in [7, 11) is 0. The minimum absolute atomic E-state index is 0.0309. The maximum Gasteiger partial charge on any atom is 0.0390 e. The van der Waals surface area contributed by atoms with E-state index in [0.717, 1.165) is 11.4 Å². The van der Waals surface area contributed by atoms with Gasteiger partial charge in [0.2, 0.25) is 0 Å². The average Bonchev–Trinajstić information content (AvgIpc) is 3.19. The second-order valence-corrected chi connectivity index (χ2v) is 10.7. The molecule has 0 aliphatic heterocycles. The highest BCUT2D eigenvalue weighted by Crippen LogP contribution is 2.49. The maximum absolute atomic E-state index is 3.64. The number of rotatable bonds is 4. The first-order valence-corrected chi connectivity index (χ1v) is 13.3. The molecule has 0 fully saturated rings. The van der Waals surface area contributed by atoms with Crippen LogP contribution in [0.25, 0.3) is 44.2 Å². The minimum atomic E-state index is 0.0309. The molecule has 0 aromatic heterocycles. The first-order valence-electron chi connectivity index (χ1n) is 13.3. The van der Waals surface area contributed by atoms with Gasteiger partial charge in [-0.1, -0.05) is 123 Å². The van der Waals surface area contributed by atoms with E-state index in [1.807, 2.05) is 0 Å². The molecular formula is C37H29N. The lowest BCUT2D eigenvalue weighted by molar-refractivity contribution is 0.660. The summed E-state index contributed by atoms with van der Waals surface area (Å²) in [6.45, 7) is 4.64. The van der Waals surface area contributed by atoms with Crippen LogP contribution in [0.4, 0.5) is 11.4 Å². The van der Waals surface area contributed by atoms with Crippen molar-refractivity contribution in [1.82, 2.24) is 0 Å². The van der Waals surface area contributed by atoms with Crippen LogP contribution in [0.3, 0.4) is 0 Å². The van der Waals surface area contributed by atoms with Gasteiger partial charge in [-0.05, 0) is 79.5 Å². The van der Waals surface area contributed by atoms with Gasteiger partial charge in [0.15, 0.2) is 0 Å². The zero-order valence-corrected chi connectivity index (χ0v) is 21.7. The summed E-state index contributed by atoms with van der Waals surface area (Å²) in [5.41, 5.74) is 12.7. The molecule has 0 bridgehead atoms. The number of hydrogen-bond donors (Lipinski definition) is 1. The van der Waals surface area contributed by atoms with Gasteiger partial charge in [0.05, 0.1) is 0 Å². The van der Waals surface area contributed by atoms with Crippen molar-refractivity contribution >= 4 is 22.1 Å². The van der Waals surface area contributed by atoms with Crippen LogP contribution in [0.5, 0.6) is 0 Å². The van der Waals surface area contributed by atoms with Crippen molar-refractivity contribution in [3.05, 3.63) is 145 Å². The zero-order valence-electron chi connectivity index (χ0n) is 21.7. The van der Waals surface area contributed by atoms with E-state index in [1.54, 1.807) is 0 Å². The van der Waals surface area contributed by atoms with Crippen molar-refractivity contribution in [2.75, 3.05) is 5.32 Å². The second-order valence-electron chi connectivity index (χ2n) is 10.7. The number of anilines is 2. The van der Waals surface area contributed by atoms with Gasteiger partial charge < -0.3 is 5.32 Å². The average molecular weight is 488 g/mol. The molecule has 0 radical (unpaired) electrons. The third kappa shape index (κ3) is 3.63. The van der Waals surface area contributed by atoms with Crippen LogP contribution < -0.4 is 5.32 Å². The van der Waals surface area contributed by atoms with E-state index in [-0.39, 0.29) is 5.41 Å². The summed E-state index contributed by atoms with van der Waals surface area (Å²) in [4.78, 5) is 0. The molecule has 1 aliphatic rings. The summed E-state index contributed by atoms with van der Waals surface area (Å²) in [6.07, 6.45) is 0. The summed E-state index contributed by atoms with van der Waals surface area (Å²) >= 11 is 0. The van der Waals surface area contributed by atoms with Crippen LogP contribution in [0.1, 0.15) is 25.0 Å². The van der Waals surface area contributed by atoms with Crippen molar-refractivity contribution in [1.29, 1.82) is 0 Å². The van der Waals surface area contributed by atoms with E-state index in [1.165, 1.54) is 55.3 Å². The van der Waals surface area contributed by atoms with E-state index in [0.29, 0.717) is 0 Å². The van der Waals surface area contributed by atoms with E-state index >= 15 is 0 Å². The molecule has 1 N–H and O–H groups in total. The summed E-state index contributed by atoms with van der Waals surface area (Å²) in [5.74, 6) is 0. The molecule has 0 saturated carbocycles. The third-order valence-electron chi connectivity index (χ3n) is 8.06. The van der Waals surface area contributed by atoms with Gasteiger partial charge in [0, 0.05) is 16.8 Å². The lowest BCUT2D eigenvalue weighted by atomic mass is 9.82. The third-order valence-corrected chi connectivity index (χ3v) is 8.06. The largest absolute Gasteiger partial charge is 0.356 e. The molecule has 1 aliphatic carbocycles. The first-order chi connectivity index (χ1) is 18.6. The molecule has 1 nitrogen and oxygen atoms in total. The second kappa shape index (κ2) is 8.75. The molecular weight excluding hydrogens is 458 g/mol. The number of nitrogens with one attached hydrogen (secondary N) is 1. The van der Waals surface area contributed by atoms with Crippen LogP contribution >= 0.6 is 0 Å². The number of fused-ring (bicyclic) bond motifs is 4. The Hall–Kier alpha value is -4.62. The monoisotopic (exact) mass is 487 g/mol. The fourth-order valence-corrected chi connectivity index (χ4v) is 6.14. The van der Waals surface area contributed by atoms with E-state index in [9.17, 15) is 0 Å².